The molecule has 5 nitrogen and oxygen atoms in total. The molecule has 1 aliphatic rings. The van der Waals surface area contributed by atoms with Gasteiger partial charge in [-0.1, -0.05) is 54.6 Å². The van der Waals surface area contributed by atoms with Gasteiger partial charge in [0.15, 0.2) is 5.96 Å². The van der Waals surface area contributed by atoms with Crippen molar-refractivity contribution >= 4 is 5.96 Å². The largest absolute Gasteiger partial charge is 0.354 e. The maximum atomic E-state index is 4.45. The van der Waals surface area contributed by atoms with Crippen molar-refractivity contribution in [1.29, 1.82) is 0 Å². The third kappa shape index (κ3) is 6.31. The van der Waals surface area contributed by atoms with Crippen molar-refractivity contribution in [3.05, 3.63) is 71.3 Å². The number of rotatable bonds is 8. The van der Waals surface area contributed by atoms with E-state index in [1.165, 1.54) is 42.6 Å². The van der Waals surface area contributed by atoms with E-state index in [9.17, 15) is 0 Å². The van der Waals surface area contributed by atoms with Crippen LogP contribution >= 0.6 is 0 Å². The van der Waals surface area contributed by atoms with Crippen LogP contribution in [0.1, 0.15) is 35.6 Å². The van der Waals surface area contributed by atoms with E-state index in [-0.39, 0.29) is 0 Å². The molecule has 0 saturated carbocycles. The number of nitrogens with one attached hydrogen (secondary N) is 2. The summed E-state index contributed by atoms with van der Waals surface area (Å²) in [4.78, 5) is 9.24. The van der Waals surface area contributed by atoms with Crippen LogP contribution in [-0.2, 0) is 13.1 Å². The molecule has 1 aliphatic heterocycles. The summed E-state index contributed by atoms with van der Waals surface area (Å²) >= 11 is 0. The first-order chi connectivity index (χ1) is 14.2. The van der Waals surface area contributed by atoms with Gasteiger partial charge in [-0.05, 0) is 56.7 Å². The Kier molecular flexibility index (Phi) is 8.08. The third-order valence-electron chi connectivity index (χ3n) is 5.50. The molecule has 0 radical (unpaired) electrons. The standard InChI is InChI=1S/C24H35N5/c1-25-24(26-17-21-13-7-8-14-22(21)19-28(2)3)27-18-23(29-15-9-10-16-29)20-11-5-4-6-12-20/h4-8,11-14,23H,9-10,15-19H2,1-3H3,(H2,25,26,27). The lowest BCUT2D eigenvalue weighted by Gasteiger charge is -2.29. The second-order valence-electron chi connectivity index (χ2n) is 7.98. The summed E-state index contributed by atoms with van der Waals surface area (Å²) < 4.78 is 0. The average Bonchev–Trinajstić information content (AvgIpc) is 3.26. The van der Waals surface area contributed by atoms with Crippen molar-refractivity contribution in [2.75, 3.05) is 40.8 Å². The molecule has 0 bridgehead atoms. The van der Waals surface area contributed by atoms with Gasteiger partial charge in [0.2, 0.25) is 0 Å². The molecule has 0 aromatic heterocycles. The number of aliphatic imine (C=N–C) groups is 1. The Bertz CT molecular complexity index is 766. The maximum Gasteiger partial charge on any atom is 0.191 e. The fraction of sp³-hybridized carbons (Fsp3) is 0.458. The molecule has 3 rings (SSSR count). The summed E-state index contributed by atoms with van der Waals surface area (Å²) in [6, 6.07) is 19.8. The van der Waals surface area contributed by atoms with E-state index in [2.05, 4.69) is 94.1 Å². The van der Waals surface area contributed by atoms with Gasteiger partial charge >= 0.3 is 0 Å². The van der Waals surface area contributed by atoms with E-state index in [0.717, 1.165) is 25.6 Å². The van der Waals surface area contributed by atoms with Crippen LogP contribution in [0.25, 0.3) is 0 Å². The van der Waals surface area contributed by atoms with Crippen molar-refractivity contribution in [2.24, 2.45) is 4.99 Å². The Balaban J connectivity index is 1.61. The van der Waals surface area contributed by atoms with Gasteiger partial charge in [-0.25, -0.2) is 0 Å². The Hall–Kier alpha value is -2.37. The van der Waals surface area contributed by atoms with Crippen LogP contribution in [0.2, 0.25) is 0 Å². The zero-order valence-corrected chi connectivity index (χ0v) is 18.1. The Labute approximate surface area is 175 Å². The molecule has 5 heteroatoms. The van der Waals surface area contributed by atoms with Crippen molar-refractivity contribution in [1.82, 2.24) is 20.4 Å². The molecular weight excluding hydrogens is 358 g/mol. The molecular formula is C24H35N5. The number of nitrogens with zero attached hydrogens (tertiary/aromatic N) is 3. The minimum Gasteiger partial charge on any atom is -0.354 e. The summed E-state index contributed by atoms with van der Waals surface area (Å²) in [5, 5.41) is 7.06. The van der Waals surface area contributed by atoms with Crippen molar-refractivity contribution in [3.63, 3.8) is 0 Å². The van der Waals surface area contributed by atoms with E-state index in [0.29, 0.717) is 6.04 Å². The molecule has 0 aliphatic carbocycles. The van der Waals surface area contributed by atoms with Crippen LogP contribution in [0.15, 0.2) is 59.6 Å². The highest BCUT2D eigenvalue weighted by atomic mass is 15.2. The van der Waals surface area contributed by atoms with Gasteiger partial charge in [-0.15, -0.1) is 0 Å². The molecule has 156 valence electrons. The molecule has 1 fully saturated rings. The fourth-order valence-electron chi connectivity index (χ4n) is 4.00. The minimum atomic E-state index is 0.373. The predicted molar refractivity (Wildman–Crippen MR) is 122 cm³/mol. The number of likely N-dealkylation sites (tertiary alicyclic amines) is 1. The lowest BCUT2D eigenvalue weighted by Crippen LogP contribution is -2.42. The number of hydrogen-bond acceptors (Lipinski definition) is 3. The lowest BCUT2D eigenvalue weighted by molar-refractivity contribution is 0.245. The van der Waals surface area contributed by atoms with Gasteiger partial charge in [0.05, 0.1) is 6.04 Å². The molecule has 2 N–H and O–H groups in total. The summed E-state index contributed by atoms with van der Waals surface area (Å²) in [6.07, 6.45) is 2.58. The fourth-order valence-corrected chi connectivity index (χ4v) is 4.00. The SMILES string of the molecule is CN=C(NCc1ccccc1CN(C)C)NCC(c1ccccc1)N1CCCC1. The quantitative estimate of drug-likeness (QED) is 0.534. The first kappa shape index (κ1) is 21.3. The summed E-state index contributed by atoms with van der Waals surface area (Å²) in [5.74, 6) is 0.852. The Morgan fingerprint density at radius 1 is 0.966 bits per heavy atom. The first-order valence-corrected chi connectivity index (χ1v) is 10.6. The second kappa shape index (κ2) is 11.0. The Morgan fingerprint density at radius 3 is 2.28 bits per heavy atom. The van der Waals surface area contributed by atoms with Crippen LogP contribution in [0, 0.1) is 0 Å². The van der Waals surface area contributed by atoms with E-state index in [1.807, 2.05) is 7.05 Å². The first-order valence-electron chi connectivity index (χ1n) is 10.6. The van der Waals surface area contributed by atoms with Crippen molar-refractivity contribution < 1.29 is 0 Å². The smallest absolute Gasteiger partial charge is 0.191 e. The van der Waals surface area contributed by atoms with Gasteiger partial charge < -0.3 is 15.5 Å². The number of benzene rings is 2. The molecule has 0 spiro atoms. The predicted octanol–water partition coefficient (Wildman–Crippen LogP) is 3.25. The third-order valence-corrected chi connectivity index (χ3v) is 5.50. The molecule has 1 heterocycles. The summed E-state index contributed by atoms with van der Waals surface area (Å²) in [6.45, 7) is 4.90. The molecule has 2 aromatic carbocycles. The second-order valence-corrected chi connectivity index (χ2v) is 7.98. The summed E-state index contributed by atoms with van der Waals surface area (Å²) in [5.41, 5.74) is 4.02. The minimum absolute atomic E-state index is 0.373. The van der Waals surface area contributed by atoms with E-state index in [4.69, 9.17) is 0 Å². The highest BCUT2D eigenvalue weighted by Gasteiger charge is 2.23. The lowest BCUT2D eigenvalue weighted by atomic mass is 10.1. The van der Waals surface area contributed by atoms with Crippen LogP contribution < -0.4 is 10.6 Å². The van der Waals surface area contributed by atoms with Crippen LogP contribution in [0.3, 0.4) is 0 Å². The normalized spacial score (nSPS) is 16.2. The maximum absolute atomic E-state index is 4.45. The summed E-state index contributed by atoms with van der Waals surface area (Å²) in [7, 11) is 6.05. The van der Waals surface area contributed by atoms with Crippen LogP contribution in [-0.4, -0.2) is 56.5 Å². The van der Waals surface area contributed by atoms with Gasteiger partial charge in [0.25, 0.3) is 0 Å². The molecule has 1 saturated heterocycles. The van der Waals surface area contributed by atoms with Gasteiger partial charge in [0.1, 0.15) is 0 Å². The highest BCUT2D eigenvalue weighted by Crippen LogP contribution is 2.24. The van der Waals surface area contributed by atoms with Gasteiger partial charge in [-0.3, -0.25) is 9.89 Å². The number of hydrogen-bond donors (Lipinski definition) is 2. The van der Waals surface area contributed by atoms with E-state index < -0.39 is 0 Å². The zero-order valence-electron chi connectivity index (χ0n) is 18.1. The molecule has 2 aromatic rings. The van der Waals surface area contributed by atoms with Gasteiger partial charge in [0, 0.05) is 26.7 Å². The molecule has 1 atom stereocenters. The topological polar surface area (TPSA) is 42.9 Å². The molecule has 0 amide bonds. The zero-order chi connectivity index (χ0) is 20.5. The van der Waals surface area contributed by atoms with Crippen LogP contribution in [0.4, 0.5) is 0 Å². The van der Waals surface area contributed by atoms with Crippen molar-refractivity contribution in [3.8, 4) is 0 Å². The van der Waals surface area contributed by atoms with Gasteiger partial charge in [-0.2, -0.15) is 0 Å². The highest BCUT2D eigenvalue weighted by molar-refractivity contribution is 5.79. The number of guanidine groups is 1. The van der Waals surface area contributed by atoms with E-state index >= 15 is 0 Å². The Morgan fingerprint density at radius 2 is 1.62 bits per heavy atom. The van der Waals surface area contributed by atoms with E-state index in [1.54, 1.807) is 0 Å². The van der Waals surface area contributed by atoms with Crippen LogP contribution in [0.5, 0.6) is 0 Å². The molecule has 29 heavy (non-hydrogen) atoms. The average molecular weight is 394 g/mol. The van der Waals surface area contributed by atoms with Crippen molar-refractivity contribution in [2.45, 2.75) is 32.0 Å². The monoisotopic (exact) mass is 393 g/mol. The molecule has 1 unspecified atom stereocenters.